The van der Waals surface area contributed by atoms with Crippen molar-refractivity contribution in [3.63, 3.8) is 0 Å². The topological polar surface area (TPSA) is 32.7 Å². The van der Waals surface area contributed by atoms with Gasteiger partial charge in [-0.2, -0.15) is 0 Å². The van der Waals surface area contributed by atoms with Gasteiger partial charge in [0, 0.05) is 4.47 Å². The summed E-state index contributed by atoms with van der Waals surface area (Å²) in [6.45, 7) is 2.52. The predicted molar refractivity (Wildman–Crippen MR) is 75.9 cm³/mol. The summed E-state index contributed by atoms with van der Waals surface area (Å²) < 4.78 is 6.63. The highest BCUT2D eigenvalue weighted by molar-refractivity contribution is 9.10. The van der Waals surface area contributed by atoms with E-state index in [0.29, 0.717) is 12.5 Å². The van der Waals surface area contributed by atoms with Gasteiger partial charge in [-0.25, -0.2) is 0 Å². The first-order chi connectivity index (χ1) is 8.65. The third-order valence-electron chi connectivity index (χ3n) is 3.52. The largest absolute Gasteiger partial charge is 0.491 e. The molecule has 0 saturated carbocycles. The van der Waals surface area contributed by atoms with Crippen LogP contribution < -0.4 is 4.74 Å². The first kappa shape index (κ1) is 13.8. The maximum atomic E-state index is 10.1. The monoisotopic (exact) mass is 313 g/mol. The van der Waals surface area contributed by atoms with Crippen molar-refractivity contribution < 1.29 is 9.84 Å². The summed E-state index contributed by atoms with van der Waals surface area (Å²) in [5.41, 5.74) is 0. The van der Waals surface area contributed by atoms with E-state index in [1.807, 2.05) is 24.3 Å². The molecule has 1 N–H and O–H groups in total. The normalized spacial score (nSPS) is 19.7. The van der Waals surface area contributed by atoms with E-state index in [1.165, 1.54) is 0 Å². The highest BCUT2D eigenvalue weighted by Gasteiger charge is 2.24. The third-order valence-corrected chi connectivity index (χ3v) is 4.02. The van der Waals surface area contributed by atoms with Crippen LogP contribution in [-0.4, -0.2) is 42.9 Å². The molecule has 1 saturated heterocycles. The Morgan fingerprint density at radius 1 is 1.44 bits per heavy atom. The molecule has 2 rings (SSSR count). The van der Waals surface area contributed by atoms with Crippen LogP contribution in [0.5, 0.6) is 5.75 Å². The smallest absolute Gasteiger partial charge is 0.120 e. The van der Waals surface area contributed by atoms with Gasteiger partial charge in [-0.15, -0.1) is 0 Å². The number of benzene rings is 1. The summed E-state index contributed by atoms with van der Waals surface area (Å²) in [6, 6.07) is 7.72. The molecule has 0 spiro atoms. The molecule has 1 heterocycles. The molecule has 1 unspecified atom stereocenters. The van der Waals surface area contributed by atoms with Crippen LogP contribution in [0.4, 0.5) is 0 Å². The Balaban J connectivity index is 1.79. The Hall–Kier alpha value is -0.580. The summed E-state index contributed by atoms with van der Waals surface area (Å²) >= 11 is 3.40. The Labute approximate surface area is 117 Å². The second-order valence-electron chi connectivity index (χ2n) is 4.98. The van der Waals surface area contributed by atoms with Crippen molar-refractivity contribution in [2.24, 2.45) is 5.92 Å². The van der Waals surface area contributed by atoms with Crippen molar-refractivity contribution in [3.05, 3.63) is 28.7 Å². The average molecular weight is 314 g/mol. The summed E-state index contributed by atoms with van der Waals surface area (Å²) in [5.74, 6) is 1.17. The quantitative estimate of drug-likeness (QED) is 0.927. The molecule has 1 aromatic rings. The van der Waals surface area contributed by atoms with Crippen molar-refractivity contribution >= 4 is 15.9 Å². The zero-order chi connectivity index (χ0) is 13.0. The molecule has 1 aliphatic rings. The number of rotatable bonds is 4. The lowest BCUT2D eigenvalue weighted by atomic mass is 9.92. The molecule has 0 amide bonds. The summed E-state index contributed by atoms with van der Waals surface area (Å²) in [5, 5.41) is 10.1. The molecule has 0 bridgehead atoms. The minimum Gasteiger partial charge on any atom is -0.491 e. The number of aliphatic hydroxyl groups is 1. The van der Waals surface area contributed by atoms with Gasteiger partial charge in [-0.05, 0) is 57.1 Å². The Bertz CT molecular complexity index is 378. The van der Waals surface area contributed by atoms with Crippen LogP contribution in [0.15, 0.2) is 28.7 Å². The lowest BCUT2D eigenvalue weighted by Crippen LogP contribution is -2.37. The molecule has 18 heavy (non-hydrogen) atoms. The van der Waals surface area contributed by atoms with Crippen molar-refractivity contribution in [1.82, 2.24) is 4.90 Å². The van der Waals surface area contributed by atoms with Crippen LogP contribution >= 0.6 is 15.9 Å². The van der Waals surface area contributed by atoms with E-state index in [-0.39, 0.29) is 6.10 Å². The van der Waals surface area contributed by atoms with E-state index in [9.17, 15) is 5.11 Å². The van der Waals surface area contributed by atoms with Gasteiger partial charge < -0.3 is 14.7 Å². The number of piperidine rings is 1. The standard InChI is InChI=1S/C14H20BrNO2/c1-16-7-5-11(6-8-16)14(17)10-18-13-4-2-3-12(15)9-13/h2-4,9,11,14,17H,5-8,10H2,1H3. The molecular weight excluding hydrogens is 294 g/mol. The third kappa shape index (κ3) is 3.97. The van der Waals surface area contributed by atoms with E-state index >= 15 is 0 Å². The van der Waals surface area contributed by atoms with Crippen LogP contribution in [0.3, 0.4) is 0 Å². The van der Waals surface area contributed by atoms with Crippen LogP contribution in [-0.2, 0) is 0 Å². The number of likely N-dealkylation sites (tertiary alicyclic amines) is 1. The van der Waals surface area contributed by atoms with Crippen molar-refractivity contribution in [1.29, 1.82) is 0 Å². The Morgan fingerprint density at radius 3 is 2.83 bits per heavy atom. The SMILES string of the molecule is CN1CCC(C(O)COc2cccc(Br)c2)CC1. The fourth-order valence-corrected chi connectivity index (χ4v) is 2.67. The van der Waals surface area contributed by atoms with Gasteiger partial charge in [0.1, 0.15) is 12.4 Å². The molecule has 0 radical (unpaired) electrons. The number of hydrogen-bond donors (Lipinski definition) is 1. The molecule has 0 aromatic heterocycles. The maximum Gasteiger partial charge on any atom is 0.120 e. The highest BCUT2D eigenvalue weighted by Crippen LogP contribution is 2.22. The lowest BCUT2D eigenvalue weighted by Gasteiger charge is -2.31. The molecule has 0 aliphatic carbocycles. The van der Waals surface area contributed by atoms with E-state index in [2.05, 4.69) is 27.9 Å². The Morgan fingerprint density at radius 2 is 2.17 bits per heavy atom. The molecular formula is C14H20BrNO2. The molecule has 3 nitrogen and oxygen atoms in total. The zero-order valence-electron chi connectivity index (χ0n) is 10.7. The first-order valence-electron chi connectivity index (χ1n) is 6.40. The van der Waals surface area contributed by atoms with Gasteiger partial charge >= 0.3 is 0 Å². The minimum absolute atomic E-state index is 0.363. The second-order valence-corrected chi connectivity index (χ2v) is 5.89. The van der Waals surface area contributed by atoms with E-state index in [1.54, 1.807) is 0 Å². The number of nitrogens with zero attached hydrogens (tertiary/aromatic N) is 1. The van der Waals surface area contributed by atoms with Gasteiger partial charge in [0.2, 0.25) is 0 Å². The fourth-order valence-electron chi connectivity index (χ4n) is 2.29. The average Bonchev–Trinajstić information content (AvgIpc) is 2.37. The zero-order valence-corrected chi connectivity index (χ0v) is 12.3. The molecule has 1 aliphatic heterocycles. The van der Waals surface area contributed by atoms with Crippen LogP contribution in [0.1, 0.15) is 12.8 Å². The van der Waals surface area contributed by atoms with E-state index in [4.69, 9.17) is 4.74 Å². The molecule has 1 fully saturated rings. The summed E-state index contributed by atoms with van der Waals surface area (Å²) in [6.07, 6.45) is 1.75. The fraction of sp³-hybridized carbons (Fsp3) is 0.571. The molecule has 100 valence electrons. The number of aliphatic hydroxyl groups excluding tert-OH is 1. The lowest BCUT2D eigenvalue weighted by molar-refractivity contribution is 0.0298. The number of ether oxygens (including phenoxy) is 1. The molecule has 4 heteroatoms. The van der Waals surface area contributed by atoms with E-state index in [0.717, 1.165) is 36.2 Å². The first-order valence-corrected chi connectivity index (χ1v) is 7.19. The van der Waals surface area contributed by atoms with Crippen molar-refractivity contribution in [2.45, 2.75) is 18.9 Å². The van der Waals surface area contributed by atoms with Gasteiger partial charge in [0.25, 0.3) is 0 Å². The van der Waals surface area contributed by atoms with Gasteiger partial charge in [0.15, 0.2) is 0 Å². The highest BCUT2D eigenvalue weighted by atomic mass is 79.9. The van der Waals surface area contributed by atoms with Crippen molar-refractivity contribution in [3.8, 4) is 5.75 Å². The maximum absolute atomic E-state index is 10.1. The van der Waals surface area contributed by atoms with Crippen LogP contribution in [0.2, 0.25) is 0 Å². The van der Waals surface area contributed by atoms with Crippen molar-refractivity contribution in [2.75, 3.05) is 26.7 Å². The second kappa shape index (κ2) is 6.55. The van der Waals surface area contributed by atoms with Gasteiger partial charge in [-0.1, -0.05) is 22.0 Å². The molecule has 1 atom stereocenters. The van der Waals surface area contributed by atoms with E-state index < -0.39 is 0 Å². The summed E-state index contributed by atoms with van der Waals surface area (Å²) in [7, 11) is 2.13. The van der Waals surface area contributed by atoms with Crippen LogP contribution in [0, 0.1) is 5.92 Å². The minimum atomic E-state index is -0.363. The number of hydrogen-bond acceptors (Lipinski definition) is 3. The molecule has 1 aromatic carbocycles. The van der Waals surface area contributed by atoms with Crippen LogP contribution in [0.25, 0.3) is 0 Å². The van der Waals surface area contributed by atoms with Gasteiger partial charge in [-0.3, -0.25) is 0 Å². The summed E-state index contributed by atoms with van der Waals surface area (Å²) in [4.78, 5) is 2.30. The Kier molecular flexibility index (Phi) is 5.03. The number of halogens is 1. The van der Waals surface area contributed by atoms with Gasteiger partial charge in [0.05, 0.1) is 6.10 Å². The predicted octanol–water partition coefficient (Wildman–Crippen LogP) is 2.53.